The lowest BCUT2D eigenvalue weighted by Crippen LogP contribution is -2.53. The normalized spacial score (nSPS) is 16.3. The van der Waals surface area contributed by atoms with Crippen LogP contribution >= 0.6 is 22.9 Å². The second-order valence-electron chi connectivity index (χ2n) is 6.03. The Hall–Kier alpha value is -1.63. The number of nitrogens with zero attached hydrogens (tertiary/aromatic N) is 3. The van der Waals surface area contributed by atoms with Gasteiger partial charge in [-0.15, -0.1) is 11.3 Å². The molecular weight excluding hydrogens is 344 g/mol. The van der Waals surface area contributed by atoms with Crippen LogP contribution in [0.1, 0.15) is 11.3 Å². The Balaban J connectivity index is 1.58. The van der Waals surface area contributed by atoms with Crippen LogP contribution in [0.4, 0.5) is 5.69 Å². The minimum absolute atomic E-state index is 0.00506. The molecule has 1 aliphatic heterocycles. The van der Waals surface area contributed by atoms with Crippen LogP contribution in [0.2, 0.25) is 5.02 Å². The van der Waals surface area contributed by atoms with Crippen molar-refractivity contribution in [3.8, 4) is 0 Å². The number of aromatic nitrogens is 1. The summed E-state index contributed by atoms with van der Waals surface area (Å²) in [5, 5.41) is 2.67. The first-order chi connectivity index (χ1) is 11.5. The number of thiazole rings is 1. The minimum atomic E-state index is -0.522. The van der Waals surface area contributed by atoms with E-state index in [0.717, 1.165) is 29.5 Å². The molecule has 1 aliphatic rings. The zero-order valence-electron chi connectivity index (χ0n) is 13.6. The highest BCUT2D eigenvalue weighted by atomic mass is 35.5. The van der Waals surface area contributed by atoms with Crippen molar-refractivity contribution in [2.75, 3.05) is 31.1 Å². The Morgan fingerprint density at radius 1 is 1.38 bits per heavy atom. The summed E-state index contributed by atoms with van der Waals surface area (Å²) in [6.07, 6.45) is 0.496. The molecule has 2 N–H and O–H groups in total. The number of anilines is 1. The van der Waals surface area contributed by atoms with Crippen molar-refractivity contribution in [2.24, 2.45) is 5.73 Å². The molecule has 2 aromatic rings. The molecule has 1 atom stereocenters. The van der Waals surface area contributed by atoms with Gasteiger partial charge in [-0.2, -0.15) is 0 Å². The number of hydrogen-bond acceptors (Lipinski definition) is 5. The Morgan fingerprint density at radius 2 is 2.12 bits per heavy atom. The summed E-state index contributed by atoms with van der Waals surface area (Å²) in [5.74, 6) is 0.00506. The van der Waals surface area contributed by atoms with Crippen molar-refractivity contribution < 1.29 is 4.79 Å². The van der Waals surface area contributed by atoms with E-state index >= 15 is 0 Å². The average molecular weight is 365 g/mol. The second-order valence-corrected chi connectivity index (χ2v) is 7.19. The lowest BCUT2D eigenvalue weighted by Gasteiger charge is -2.37. The van der Waals surface area contributed by atoms with E-state index in [-0.39, 0.29) is 5.91 Å². The van der Waals surface area contributed by atoms with Crippen LogP contribution in [-0.4, -0.2) is 48.0 Å². The van der Waals surface area contributed by atoms with Crippen LogP contribution in [-0.2, 0) is 11.2 Å². The summed E-state index contributed by atoms with van der Waals surface area (Å²) in [4.78, 5) is 20.9. The monoisotopic (exact) mass is 364 g/mol. The lowest BCUT2D eigenvalue weighted by atomic mass is 10.1. The van der Waals surface area contributed by atoms with E-state index in [4.69, 9.17) is 17.3 Å². The quantitative estimate of drug-likeness (QED) is 0.904. The van der Waals surface area contributed by atoms with Crippen molar-refractivity contribution in [2.45, 2.75) is 19.4 Å². The van der Waals surface area contributed by atoms with Gasteiger partial charge in [0.25, 0.3) is 0 Å². The van der Waals surface area contributed by atoms with Crippen LogP contribution < -0.4 is 10.6 Å². The number of rotatable bonds is 4. The Labute approximate surface area is 151 Å². The van der Waals surface area contributed by atoms with E-state index in [1.165, 1.54) is 16.9 Å². The predicted octanol–water partition coefficient (Wildman–Crippen LogP) is 2.32. The molecule has 24 heavy (non-hydrogen) atoms. The fourth-order valence-corrected chi connectivity index (χ4v) is 3.71. The van der Waals surface area contributed by atoms with Gasteiger partial charge >= 0.3 is 0 Å². The van der Waals surface area contributed by atoms with Gasteiger partial charge in [0.2, 0.25) is 5.91 Å². The van der Waals surface area contributed by atoms with Crippen molar-refractivity contribution in [1.29, 1.82) is 0 Å². The van der Waals surface area contributed by atoms with Gasteiger partial charge < -0.3 is 15.5 Å². The molecule has 1 aromatic carbocycles. The summed E-state index contributed by atoms with van der Waals surface area (Å²) < 4.78 is 0. The Morgan fingerprint density at radius 3 is 2.79 bits per heavy atom. The summed E-state index contributed by atoms with van der Waals surface area (Å²) in [6.45, 7) is 5.00. The van der Waals surface area contributed by atoms with E-state index in [1.54, 1.807) is 5.51 Å². The van der Waals surface area contributed by atoms with Gasteiger partial charge in [0.05, 0.1) is 17.2 Å². The van der Waals surface area contributed by atoms with Crippen LogP contribution in [0.15, 0.2) is 29.1 Å². The molecule has 5 nitrogen and oxygen atoms in total. The fraction of sp³-hybridized carbons (Fsp3) is 0.412. The number of hydrogen-bond donors (Lipinski definition) is 1. The van der Waals surface area contributed by atoms with Crippen molar-refractivity contribution in [1.82, 2.24) is 9.88 Å². The number of benzene rings is 1. The predicted molar refractivity (Wildman–Crippen MR) is 98.8 cm³/mol. The van der Waals surface area contributed by atoms with Crippen molar-refractivity contribution in [3.63, 3.8) is 0 Å². The molecule has 0 aliphatic carbocycles. The molecule has 0 bridgehead atoms. The maximum Gasteiger partial charge on any atom is 0.240 e. The van der Waals surface area contributed by atoms with E-state index in [1.807, 2.05) is 28.5 Å². The number of piperazine rings is 1. The largest absolute Gasteiger partial charge is 0.368 e. The SMILES string of the molecule is Cc1ccc(Cl)cc1N1CCN(C(=O)C(N)Cc2cscn2)CC1. The van der Waals surface area contributed by atoms with Crippen molar-refractivity contribution in [3.05, 3.63) is 45.4 Å². The molecule has 1 unspecified atom stereocenters. The third-order valence-corrected chi connectivity index (χ3v) is 5.20. The summed E-state index contributed by atoms with van der Waals surface area (Å²) in [5.41, 5.74) is 11.1. The van der Waals surface area contributed by atoms with Gasteiger partial charge in [-0.25, -0.2) is 4.98 Å². The number of nitrogens with two attached hydrogens (primary N) is 1. The van der Waals surface area contributed by atoms with Gasteiger partial charge in [0.15, 0.2) is 0 Å². The highest BCUT2D eigenvalue weighted by Gasteiger charge is 2.26. The van der Waals surface area contributed by atoms with Crippen LogP contribution in [0.5, 0.6) is 0 Å². The van der Waals surface area contributed by atoms with Gasteiger partial charge in [0, 0.05) is 48.7 Å². The number of aryl methyl sites for hydroxylation is 1. The molecule has 1 fully saturated rings. The lowest BCUT2D eigenvalue weighted by molar-refractivity contribution is -0.132. The topological polar surface area (TPSA) is 62.5 Å². The molecule has 1 aromatic heterocycles. The van der Waals surface area contributed by atoms with Crippen LogP contribution in [0.3, 0.4) is 0 Å². The molecule has 7 heteroatoms. The molecule has 3 rings (SSSR count). The third-order valence-electron chi connectivity index (χ3n) is 4.33. The number of carbonyl (C=O) groups is 1. The number of halogens is 1. The maximum absolute atomic E-state index is 12.5. The van der Waals surface area contributed by atoms with Crippen LogP contribution in [0, 0.1) is 6.92 Å². The first kappa shape index (κ1) is 17.2. The van der Waals surface area contributed by atoms with Gasteiger partial charge in [-0.1, -0.05) is 17.7 Å². The van der Waals surface area contributed by atoms with E-state index in [9.17, 15) is 4.79 Å². The summed E-state index contributed by atoms with van der Waals surface area (Å²) in [7, 11) is 0. The fourth-order valence-electron chi connectivity index (χ4n) is 2.98. The summed E-state index contributed by atoms with van der Waals surface area (Å²) >= 11 is 7.63. The first-order valence-corrected chi connectivity index (χ1v) is 9.29. The molecule has 128 valence electrons. The smallest absolute Gasteiger partial charge is 0.240 e. The average Bonchev–Trinajstić information content (AvgIpc) is 3.09. The van der Waals surface area contributed by atoms with Crippen molar-refractivity contribution >= 4 is 34.5 Å². The third kappa shape index (κ3) is 3.88. The van der Waals surface area contributed by atoms with Crippen LogP contribution in [0.25, 0.3) is 0 Å². The molecule has 0 spiro atoms. The molecular formula is C17H21ClN4OS. The van der Waals surface area contributed by atoms with Gasteiger partial charge in [0.1, 0.15) is 0 Å². The zero-order chi connectivity index (χ0) is 17.1. The highest BCUT2D eigenvalue weighted by molar-refractivity contribution is 7.07. The standard InChI is InChI=1S/C17H21ClN4OS/c1-12-2-3-13(18)8-16(12)21-4-6-22(7-5-21)17(23)15(19)9-14-10-24-11-20-14/h2-3,8,10-11,15H,4-7,9,19H2,1H3. The number of amides is 1. The summed E-state index contributed by atoms with van der Waals surface area (Å²) in [6, 6.07) is 5.39. The Kier molecular flexibility index (Phi) is 5.38. The first-order valence-electron chi connectivity index (χ1n) is 7.97. The minimum Gasteiger partial charge on any atom is -0.368 e. The highest BCUT2D eigenvalue weighted by Crippen LogP contribution is 2.25. The maximum atomic E-state index is 12.5. The zero-order valence-corrected chi connectivity index (χ0v) is 15.2. The van der Waals surface area contributed by atoms with E-state index in [0.29, 0.717) is 19.5 Å². The second kappa shape index (κ2) is 7.51. The molecule has 1 saturated heterocycles. The Bertz CT molecular complexity index is 699. The van der Waals surface area contributed by atoms with E-state index < -0.39 is 6.04 Å². The number of carbonyl (C=O) groups excluding carboxylic acids is 1. The van der Waals surface area contributed by atoms with E-state index in [2.05, 4.69) is 16.8 Å². The molecule has 0 saturated carbocycles. The van der Waals surface area contributed by atoms with Gasteiger partial charge in [-0.05, 0) is 24.6 Å². The molecule has 0 radical (unpaired) electrons. The van der Waals surface area contributed by atoms with Gasteiger partial charge in [-0.3, -0.25) is 4.79 Å². The molecule has 2 heterocycles. The molecule has 1 amide bonds.